The van der Waals surface area contributed by atoms with Crippen LogP contribution in [0.15, 0.2) is 59.0 Å². The molecule has 1 N–H and O–H groups in total. The number of rotatable bonds is 7. The molecule has 1 fully saturated rings. The molecule has 1 aliphatic heterocycles. The van der Waals surface area contributed by atoms with Crippen molar-refractivity contribution in [3.63, 3.8) is 0 Å². The second-order valence-corrected chi connectivity index (χ2v) is 10.9. The quantitative estimate of drug-likeness (QED) is 0.312. The maximum absolute atomic E-state index is 13.7. The van der Waals surface area contributed by atoms with Crippen molar-refractivity contribution in [1.82, 2.24) is 10.2 Å². The fourth-order valence-corrected chi connectivity index (χ4v) is 5.84. The maximum atomic E-state index is 13.7. The zero-order chi connectivity index (χ0) is 30.1. The molecule has 3 atom stereocenters. The second-order valence-electron chi connectivity index (χ2n) is 10.9. The molecule has 0 spiro atoms. The third-order valence-electron chi connectivity index (χ3n) is 7.47. The van der Waals surface area contributed by atoms with Crippen molar-refractivity contribution in [2.24, 2.45) is 0 Å². The van der Waals surface area contributed by atoms with E-state index in [4.69, 9.17) is 18.6 Å². The molecule has 5 rings (SSSR count). The van der Waals surface area contributed by atoms with E-state index in [0.717, 1.165) is 22.3 Å². The van der Waals surface area contributed by atoms with Crippen molar-refractivity contribution in [2.45, 2.75) is 64.8 Å². The average Bonchev–Trinajstić information content (AvgIpc) is 3.58. The number of ether oxygens (including phenoxy) is 3. The smallest absolute Gasteiger partial charge is 0.410 e. The van der Waals surface area contributed by atoms with Gasteiger partial charge in [-0.1, -0.05) is 48.5 Å². The van der Waals surface area contributed by atoms with Gasteiger partial charge in [0.15, 0.2) is 12.2 Å². The number of carbonyl (C=O) groups excluding carboxylic acids is 4. The maximum Gasteiger partial charge on any atom is 0.410 e. The lowest BCUT2D eigenvalue weighted by Gasteiger charge is -2.26. The van der Waals surface area contributed by atoms with E-state index in [9.17, 15) is 19.2 Å². The Balaban J connectivity index is 1.45. The van der Waals surface area contributed by atoms with Gasteiger partial charge in [0, 0.05) is 25.8 Å². The minimum atomic E-state index is -1.08. The van der Waals surface area contributed by atoms with Crippen LogP contribution >= 0.6 is 0 Å². The van der Waals surface area contributed by atoms with Crippen LogP contribution < -0.4 is 5.32 Å². The van der Waals surface area contributed by atoms with Crippen molar-refractivity contribution >= 4 is 23.9 Å². The summed E-state index contributed by atoms with van der Waals surface area (Å²) in [6.45, 7) is 7.73. The van der Waals surface area contributed by atoms with Crippen molar-refractivity contribution < 1.29 is 37.8 Å². The number of esters is 2. The van der Waals surface area contributed by atoms with E-state index >= 15 is 0 Å². The zero-order valence-electron chi connectivity index (χ0n) is 24.2. The highest BCUT2D eigenvalue weighted by molar-refractivity contribution is 5.95. The van der Waals surface area contributed by atoms with Gasteiger partial charge in [-0.2, -0.15) is 0 Å². The van der Waals surface area contributed by atoms with E-state index in [1.807, 2.05) is 62.4 Å². The largest absolute Gasteiger partial charge is 0.463 e. The van der Waals surface area contributed by atoms with Crippen molar-refractivity contribution in [1.29, 1.82) is 0 Å². The van der Waals surface area contributed by atoms with E-state index in [0.29, 0.717) is 5.76 Å². The molecule has 2 aromatic carbocycles. The number of nitrogens with one attached hydrogen (secondary N) is 1. The summed E-state index contributed by atoms with van der Waals surface area (Å²) >= 11 is 0. The molecular formula is C32H34N2O8. The van der Waals surface area contributed by atoms with E-state index in [-0.39, 0.29) is 42.3 Å². The van der Waals surface area contributed by atoms with Crippen molar-refractivity contribution in [3.05, 3.63) is 82.8 Å². The molecule has 3 aromatic rings. The van der Waals surface area contributed by atoms with Gasteiger partial charge in [-0.05, 0) is 49.1 Å². The molecule has 1 saturated heterocycles. The number of hydrogen-bond acceptors (Lipinski definition) is 8. The van der Waals surface area contributed by atoms with Crippen LogP contribution in [0.2, 0.25) is 0 Å². The lowest BCUT2D eigenvalue weighted by atomic mass is 9.98. The molecule has 1 aliphatic carbocycles. The van der Waals surface area contributed by atoms with Crippen LogP contribution in [0.1, 0.15) is 72.7 Å². The number of fused-ring (bicyclic) bond motifs is 3. The number of likely N-dealkylation sites (tertiary alicyclic amines) is 1. The van der Waals surface area contributed by atoms with Gasteiger partial charge in [0.25, 0.3) is 5.91 Å². The van der Waals surface area contributed by atoms with Gasteiger partial charge in [0.1, 0.15) is 24.2 Å². The molecule has 10 nitrogen and oxygen atoms in total. The number of hydrogen-bond donors (Lipinski definition) is 1. The summed E-state index contributed by atoms with van der Waals surface area (Å²) in [4.78, 5) is 52.0. The molecule has 2 amide bonds. The highest BCUT2D eigenvalue weighted by atomic mass is 16.6. The zero-order valence-corrected chi connectivity index (χ0v) is 24.2. The van der Waals surface area contributed by atoms with Crippen molar-refractivity contribution in [2.75, 3.05) is 13.2 Å². The Morgan fingerprint density at radius 2 is 1.55 bits per heavy atom. The topological polar surface area (TPSA) is 124 Å². The Kier molecular flexibility index (Phi) is 8.06. The number of benzene rings is 2. The minimum Gasteiger partial charge on any atom is -0.463 e. The Morgan fingerprint density at radius 3 is 2.12 bits per heavy atom. The molecule has 0 bridgehead atoms. The highest BCUT2D eigenvalue weighted by Crippen LogP contribution is 2.45. The van der Waals surface area contributed by atoms with Gasteiger partial charge in [0.2, 0.25) is 0 Å². The van der Waals surface area contributed by atoms with Crippen LogP contribution in [0.4, 0.5) is 4.79 Å². The lowest BCUT2D eigenvalue weighted by molar-refractivity contribution is -0.163. The minimum absolute atomic E-state index is 0.0613. The van der Waals surface area contributed by atoms with Crippen LogP contribution in [-0.2, 0) is 23.8 Å². The van der Waals surface area contributed by atoms with Gasteiger partial charge < -0.3 is 23.9 Å². The Morgan fingerprint density at radius 1 is 0.952 bits per heavy atom. The summed E-state index contributed by atoms with van der Waals surface area (Å²) in [5, 5.41) is 2.83. The molecule has 42 heavy (non-hydrogen) atoms. The van der Waals surface area contributed by atoms with Gasteiger partial charge in [-0.25, -0.2) is 4.79 Å². The first-order valence-corrected chi connectivity index (χ1v) is 13.9. The molecule has 0 saturated carbocycles. The first-order chi connectivity index (χ1) is 20.0. The van der Waals surface area contributed by atoms with E-state index in [1.165, 1.54) is 24.8 Å². The van der Waals surface area contributed by atoms with Gasteiger partial charge in [0.05, 0.1) is 12.1 Å². The van der Waals surface area contributed by atoms with Gasteiger partial charge in [-0.15, -0.1) is 0 Å². The molecule has 220 valence electrons. The molecule has 0 unspecified atom stereocenters. The van der Waals surface area contributed by atoms with Crippen LogP contribution in [0.25, 0.3) is 11.1 Å². The lowest BCUT2D eigenvalue weighted by Crippen LogP contribution is -2.36. The summed E-state index contributed by atoms with van der Waals surface area (Å²) < 4.78 is 22.9. The second kappa shape index (κ2) is 11.7. The number of furan rings is 1. The monoisotopic (exact) mass is 574 g/mol. The fourth-order valence-electron chi connectivity index (χ4n) is 5.84. The Labute approximate surface area is 243 Å². The first kappa shape index (κ1) is 28.9. The van der Waals surface area contributed by atoms with Crippen LogP contribution in [0.5, 0.6) is 0 Å². The first-order valence-electron chi connectivity index (χ1n) is 13.9. The summed E-state index contributed by atoms with van der Waals surface area (Å²) in [6.07, 6.45) is -2.76. The fraction of sp³-hybridized carbons (Fsp3) is 0.375. The third-order valence-corrected chi connectivity index (χ3v) is 7.47. The summed E-state index contributed by atoms with van der Waals surface area (Å²) in [7, 11) is 0. The van der Waals surface area contributed by atoms with Crippen LogP contribution in [0.3, 0.4) is 0 Å². The number of amides is 2. The van der Waals surface area contributed by atoms with E-state index in [2.05, 4.69) is 5.32 Å². The molecule has 10 heteroatoms. The predicted molar refractivity (Wildman–Crippen MR) is 152 cm³/mol. The molecule has 2 aliphatic rings. The van der Waals surface area contributed by atoms with Crippen LogP contribution in [-0.4, -0.2) is 60.2 Å². The van der Waals surface area contributed by atoms with Gasteiger partial charge in [-0.3, -0.25) is 19.3 Å². The summed E-state index contributed by atoms with van der Waals surface area (Å²) in [6, 6.07) is 16.4. The Bertz CT molecular complexity index is 1480. The summed E-state index contributed by atoms with van der Waals surface area (Å²) in [5.74, 6) is -1.21. The van der Waals surface area contributed by atoms with E-state index in [1.54, 1.807) is 6.92 Å². The normalized spacial score (nSPS) is 19.3. The number of aryl methyl sites for hydroxylation is 1. The molecule has 0 radical (unpaired) electrons. The van der Waals surface area contributed by atoms with E-state index < -0.39 is 36.3 Å². The molecule has 1 aromatic heterocycles. The van der Waals surface area contributed by atoms with Crippen molar-refractivity contribution in [3.8, 4) is 11.1 Å². The number of carbonyl (C=O) groups is 4. The standard InChI is InChI=1S/C32H34N2O8/c1-17(2)33-31(37)25-14-27(40-18(25)3)29-30(42-20(5)36)28(41-19(4)35)15-34(29)32(38)39-16-26-23-12-8-6-10-21(23)22-11-7-9-13-24(22)26/h6-14,17,26,28-30H,15-16H2,1-5H3,(H,33,37)/t28-,29-,30-/m1/s1. The number of nitrogens with zero attached hydrogens (tertiary/aromatic N) is 1. The summed E-state index contributed by atoms with van der Waals surface area (Å²) in [5.41, 5.74) is 4.58. The average molecular weight is 575 g/mol. The highest BCUT2D eigenvalue weighted by Gasteiger charge is 2.51. The SMILES string of the molecule is CC(=O)O[C@H]1[C@@H](c2cc(C(=O)NC(C)C)c(C)o2)N(C(=O)OCC2c3ccccc3-c3ccccc32)C[C@H]1OC(C)=O. The molecular weight excluding hydrogens is 540 g/mol. The Hall–Kier alpha value is -4.60. The molecule has 2 heterocycles. The third kappa shape index (κ3) is 5.61. The predicted octanol–water partition coefficient (Wildman–Crippen LogP) is 4.90. The van der Waals surface area contributed by atoms with Gasteiger partial charge >= 0.3 is 18.0 Å². The van der Waals surface area contributed by atoms with Crippen LogP contribution in [0, 0.1) is 6.92 Å².